The van der Waals surface area contributed by atoms with Gasteiger partial charge in [-0.2, -0.15) is 0 Å². The third-order valence-electron chi connectivity index (χ3n) is 2.81. The highest BCUT2D eigenvalue weighted by Gasteiger charge is 2.16. The van der Waals surface area contributed by atoms with E-state index < -0.39 is 10.0 Å². The standard InChI is InChI=1S/C14H22N2O4S/c1-4-20-10-14(17)15-7-8-16-21(18,19)13-9-11(2)5-6-12(13)3/h5-6,9,16H,4,7-8,10H2,1-3H3,(H,15,17). The Kier molecular flexibility index (Phi) is 6.80. The first-order valence-electron chi connectivity index (χ1n) is 6.78. The summed E-state index contributed by atoms with van der Waals surface area (Å²) in [6.07, 6.45) is 0. The lowest BCUT2D eigenvalue weighted by molar-refractivity contribution is -0.125. The summed E-state index contributed by atoms with van der Waals surface area (Å²) in [5.74, 6) is -0.261. The van der Waals surface area contributed by atoms with E-state index in [1.54, 1.807) is 26.0 Å². The zero-order chi connectivity index (χ0) is 15.9. The van der Waals surface area contributed by atoms with Crippen molar-refractivity contribution >= 4 is 15.9 Å². The van der Waals surface area contributed by atoms with Crippen LogP contribution >= 0.6 is 0 Å². The molecule has 0 spiro atoms. The van der Waals surface area contributed by atoms with Crippen LogP contribution in [0.3, 0.4) is 0 Å². The third-order valence-corrected chi connectivity index (χ3v) is 4.41. The molecule has 0 saturated carbocycles. The Morgan fingerprint density at radius 1 is 1.24 bits per heavy atom. The van der Waals surface area contributed by atoms with E-state index in [-0.39, 0.29) is 30.5 Å². The zero-order valence-electron chi connectivity index (χ0n) is 12.6. The van der Waals surface area contributed by atoms with Crippen LogP contribution in [0.4, 0.5) is 0 Å². The highest BCUT2D eigenvalue weighted by molar-refractivity contribution is 7.89. The van der Waals surface area contributed by atoms with Crippen molar-refractivity contribution in [2.75, 3.05) is 26.3 Å². The molecule has 0 heterocycles. The van der Waals surface area contributed by atoms with Crippen LogP contribution in [-0.2, 0) is 19.6 Å². The second kappa shape index (κ2) is 8.11. The smallest absolute Gasteiger partial charge is 0.246 e. The van der Waals surface area contributed by atoms with Crippen LogP contribution < -0.4 is 10.0 Å². The van der Waals surface area contributed by atoms with Crippen LogP contribution in [0, 0.1) is 13.8 Å². The van der Waals surface area contributed by atoms with Gasteiger partial charge < -0.3 is 10.1 Å². The lowest BCUT2D eigenvalue weighted by atomic mass is 10.2. The van der Waals surface area contributed by atoms with E-state index in [4.69, 9.17) is 4.74 Å². The van der Waals surface area contributed by atoms with Crippen molar-refractivity contribution in [3.05, 3.63) is 29.3 Å². The van der Waals surface area contributed by atoms with Crippen LogP contribution in [0.15, 0.2) is 23.1 Å². The van der Waals surface area contributed by atoms with E-state index in [2.05, 4.69) is 10.0 Å². The van der Waals surface area contributed by atoms with E-state index in [9.17, 15) is 13.2 Å². The third kappa shape index (κ3) is 5.82. The highest BCUT2D eigenvalue weighted by atomic mass is 32.2. The minimum atomic E-state index is -3.56. The van der Waals surface area contributed by atoms with Crippen LogP contribution in [0.2, 0.25) is 0 Å². The first-order chi connectivity index (χ1) is 9.86. The summed E-state index contributed by atoms with van der Waals surface area (Å²) in [4.78, 5) is 11.5. The Hall–Kier alpha value is -1.44. The Labute approximate surface area is 125 Å². The van der Waals surface area contributed by atoms with Crippen LogP contribution in [0.25, 0.3) is 0 Å². The van der Waals surface area contributed by atoms with Gasteiger partial charge in [-0.1, -0.05) is 12.1 Å². The number of amides is 1. The Balaban J connectivity index is 2.50. The number of hydrogen-bond donors (Lipinski definition) is 2. The van der Waals surface area contributed by atoms with Gasteiger partial charge in [-0.05, 0) is 38.0 Å². The average Bonchev–Trinajstić information content (AvgIpc) is 2.44. The number of hydrogen-bond acceptors (Lipinski definition) is 4. The molecule has 21 heavy (non-hydrogen) atoms. The van der Waals surface area contributed by atoms with Crippen LogP contribution in [0.5, 0.6) is 0 Å². The number of carbonyl (C=O) groups is 1. The van der Waals surface area contributed by atoms with Gasteiger partial charge >= 0.3 is 0 Å². The number of nitrogens with one attached hydrogen (secondary N) is 2. The molecule has 0 radical (unpaired) electrons. The van der Waals surface area contributed by atoms with E-state index in [1.165, 1.54) is 0 Å². The largest absolute Gasteiger partial charge is 0.372 e. The highest BCUT2D eigenvalue weighted by Crippen LogP contribution is 2.16. The summed E-state index contributed by atoms with van der Waals surface area (Å²) < 4.78 is 31.8. The summed E-state index contributed by atoms with van der Waals surface area (Å²) >= 11 is 0. The molecule has 0 aliphatic carbocycles. The Morgan fingerprint density at radius 2 is 1.95 bits per heavy atom. The first-order valence-corrected chi connectivity index (χ1v) is 8.26. The molecule has 0 aliphatic heterocycles. The van der Waals surface area contributed by atoms with Crippen molar-refractivity contribution in [2.45, 2.75) is 25.7 Å². The Morgan fingerprint density at radius 3 is 2.62 bits per heavy atom. The molecular formula is C14H22N2O4S. The minimum Gasteiger partial charge on any atom is -0.372 e. The number of aryl methyl sites for hydroxylation is 2. The molecule has 0 unspecified atom stereocenters. The quantitative estimate of drug-likeness (QED) is 0.693. The van der Waals surface area contributed by atoms with Gasteiger partial charge in [0.25, 0.3) is 0 Å². The lowest BCUT2D eigenvalue weighted by Crippen LogP contribution is -2.36. The molecule has 1 aromatic carbocycles. The molecule has 1 aromatic rings. The second-order valence-corrected chi connectivity index (χ2v) is 6.39. The molecule has 0 fully saturated rings. The number of carbonyl (C=O) groups excluding carboxylic acids is 1. The van der Waals surface area contributed by atoms with Gasteiger partial charge in [-0.3, -0.25) is 4.79 Å². The van der Waals surface area contributed by atoms with Crippen molar-refractivity contribution in [3.8, 4) is 0 Å². The predicted octanol–water partition coefficient (Wildman–Crippen LogP) is 0.734. The van der Waals surface area contributed by atoms with Gasteiger partial charge in [0.2, 0.25) is 15.9 Å². The van der Waals surface area contributed by atoms with Crippen molar-refractivity contribution in [1.29, 1.82) is 0 Å². The first kappa shape index (κ1) is 17.6. The number of benzene rings is 1. The molecule has 0 aliphatic rings. The van der Waals surface area contributed by atoms with Crippen molar-refractivity contribution in [1.82, 2.24) is 10.0 Å². The molecule has 7 heteroatoms. The topological polar surface area (TPSA) is 84.5 Å². The molecule has 6 nitrogen and oxygen atoms in total. The van der Waals surface area contributed by atoms with Crippen LogP contribution in [0.1, 0.15) is 18.1 Å². The maximum Gasteiger partial charge on any atom is 0.246 e. The van der Waals surface area contributed by atoms with Gasteiger partial charge in [0.1, 0.15) is 6.61 Å². The molecular weight excluding hydrogens is 292 g/mol. The fourth-order valence-corrected chi connectivity index (χ4v) is 3.07. The molecule has 1 amide bonds. The number of ether oxygens (including phenoxy) is 1. The van der Waals surface area contributed by atoms with Crippen LogP contribution in [-0.4, -0.2) is 40.6 Å². The fourth-order valence-electron chi connectivity index (χ4n) is 1.71. The molecule has 2 N–H and O–H groups in total. The Bertz CT molecular complexity index is 585. The number of sulfonamides is 1. The summed E-state index contributed by atoms with van der Waals surface area (Å²) in [5.41, 5.74) is 1.57. The maximum atomic E-state index is 12.2. The maximum absolute atomic E-state index is 12.2. The SMILES string of the molecule is CCOCC(=O)NCCNS(=O)(=O)c1cc(C)ccc1C. The molecule has 118 valence electrons. The average molecular weight is 314 g/mol. The molecule has 0 bridgehead atoms. The van der Waals surface area contributed by atoms with Gasteiger partial charge in [0, 0.05) is 19.7 Å². The molecule has 0 atom stereocenters. The lowest BCUT2D eigenvalue weighted by Gasteiger charge is -2.10. The van der Waals surface area contributed by atoms with Gasteiger partial charge in [-0.15, -0.1) is 0 Å². The molecule has 0 aromatic heterocycles. The van der Waals surface area contributed by atoms with E-state index in [1.807, 2.05) is 13.0 Å². The monoisotopic (exact) mass is 314 g/mol. The minimum absolute atomic E-state index is 0.0137. The van der Waals surface area contributed by atoms with E-state index in [0.717, 1.165) is 5.56 Å². The van der Waals surface area contributed by atoms with Gasteiger partial charge in [0.15, 0.2) is 0 Å². The summed E-state index contributed by atoms with van der Waals surface area (Å²) in [7, 11) is -3.56. The van der Waals surface area contributed by atoms with Crippen molar-refractivity contribution in [2.24, 2.45) is 0 Å². The van der Waals surface area contributed by atoms with Crippen molar-refractivity contribution < 1.29 is 17.9 Å². The number of rotatable bonds is 8. The van der Waals surface area contributed by atoms with Crippen molar-refractivity contribution in [3.63, 3.8) is 0 Å². The molecule has 1 rings (SSSR count). The molecule has 0 saturated heterocycles. The summed E-state index contributed by atoms with van der Waals surface area (Å²) in [6, 6.07) is 5.27. The summed E-state index contributed by atoms with van der Waals surface area (Å²) in [6.45, 7) is 6.19. The zero-order valence-corrected chi connectivity index (χ0v) is 13.4. The van der Waals surface area contributed by atoms with E-state index >= 15 is 0 Å². The normalized spacial score (nSPS) is 11.4. The summed E-state index contributed by atoms with van der Waals surface area (Å²) in [5, 5.41) is 2.58. The van der Waals surface area contributed by atoms with Gasteiger partial charge in [0.05, 0.1) is 4.90 Å². The second-order valence-electron chi connectivity index (χ2n) is 4.65. The fraction of sp³-hybridized carbons (Fsp3) is 0.500. The predicted molar refractivity (Wildman–Crippen MR) is 80.6 cm³/mol. The van der Waals surface area contributed by atoms with E-state index in [0.29, 0.717) is 12.2 Å². The van der Waals surface area contributed by atoms with Gasteiger partial charge in [-0.25, -0.2) is 13.1 Å².